The Balaban J connectivity index is 1.30. The van der Waals surface area contributed by atoms with Gasteiger partial charge in [0.2, 0.25) is 5.91 Å². The SMILES string of the molecule is CCO[C@H]1CN(C(=O)C2(NC(=O)c3ccc(N4CCN(C(C)C)CC4)cc3)CCCCC2)[C@@H]2C(=O)CO[C@H]12. The standard InChI is InChI=1S/C29H42N4O5/c1-4-37-24-18-33(25-23(34)19-38-26(24)25)28(36)29(12-6-5-7-13-29)30-27(35)21-8-10-22(11-9-21)32-16-14-31(15-17-32)20(2)3/h8-11,20,24-26H,4-7,12-19H2,1-3H3,(H,30,35)/t24-,25+,26+/m0/s1. The fourth-order valence-corrected chi connectivity index (χ4v) is 6.61. The average molecular weight is 527 g/mol. The summed E-state index contributed by atoms with van der Waals surface area (Å²) in [7, 11) is 0. The lowest BCUT2D eigenvalue weighted by Gasteiger charge is -2.40. The molecule has 2 amide bonds. The van der Waals surface area contributed by atoms with Crippen LogP contribution in [0.3, 0.4) is 0 Å². The van der Waals surface area contributed by atoms with Gasteiger partial charge in [-0.2, -0.15) is 0 Å². The summed E-state index contributed by atoms with van der Waals surface area (Å²) in [5.41, 5.74) is 0.632. The van der Waals surface area contributed by atoms with E-state index < -0.39 is 17.7 Å². The lowest BCUT2D eigenvalue weighted by molar-refractivity contribution is -0.143. The van der Waals surface area contributed by atoms with E-state index in [1.165, 1.54) is 0 Å². The number of carbonyl (C=O) groups excluding carboxylic acids is 3. The number of hydrogen-bond donors (Lipinski definition) is 1. The van der Waals surface area contributed by atoms with Crippen molar-refractivity contribution >= 4 is 23.3 Å². The summed E-state index contributed by atoms with van der Waals surface area (Å²) in [5, 5.41) is 3.14. The summed E-state index contributed by atoms with van der Waals surface area (Å²) in [6.45, 7) is 11.1. The van der Waals surface area contributed by atoms with Gasteiger partial charge in [-0.3, -0.25) is 19.3 Å². The zero-order valence-corrected chi connectivity index (χ0v) is 23.0. The molecular weight excluding hydrogens is 484 g/mol. The number of benzene rings is 1. The molecule has 3 aliphatic heterocycles. The Hall–Kier alpha value is -2.49. The maximum absolute atomic E-state index is 14.1. The van der Waals surface area contributed by atoms with E-state index in [4.69, 9.17) is 9.47 Å². The van der Waals surface area contributed by atoms with Gasteiger partial charge in [-0.1, -0.05) is 19.3 Å². The predicted molar refractivity (Wildman–Crippen MR) is 144 cm³/mol. The van der Waals surface area contributed by atoms with Gasteiger partial charge in [0.25, 0.3) is 5.91 Å². The van der Waals surface area contributed by atoms with E-state index >= 15 is 0 Å². The molecule has 3 atom stereocenters. The number of nitrogens with zero attached hydrogens (tertiary/aromatic N) is 3. The first kappa shape index (κ1) is 27.1. The molecule has 0 bridgehead atoms. The first-order valence-electron chi connectivity index (χ1n) is 14.3. The minimum absolute atomic E-state index is 0.000907. The van der Waals surface area contributed by atoms with Crippen LogP contribution in [0.1, 0.15) is 63.2 Å². The molecule has 4 aliphatic rings. The van der Waals surface area contributed by atoms with Crippen molar-refractivity contribution in [1.29, 1.82) is 0 Å². The molecule has 9 nitrogen and oxygen atoms in total. The van der Waals surface area contributed by atoms with E-state index in [9.17, 15) is 14.4 Å². The highest BCUT2D eigenvalue weighted by molar-refractivity contribution is 6.01. The van der Waals surface area contributed by atoms with Crippen molar-refractivity contribution in [2.24, 2.45) is 0 Å². The smallest absolute Gasteiger partial charge is 0.252 e. The predicted octanol–water partition coefficient (Wildman–Crippen LogP) is 2.23. The van der Waals surface area contributed by atoms with E-state index in [0.29, 0.717) is 37.6 Å². The number of Topliss-reactive ketones (excluding diaryl/α,β-unsaturated/α-hetero) is 1. The van der Waals surface area contributed by atoms with Crippen LogP contribution in [0.4, 0.5) is 5.69 Å². The minimum atomic E-state index is -1.02. The number of hydrogen-bond acceptors (Lipinski definition) is 7. The summed E-state index contributed by atoms with van der Waals surface area (Å²) in [4.78, 5) is 46.7. The quantitative estimate of drug-likeness (QED) is 0.583. The van der Waals surface area contributed by atoms with Gasteiger partial charge in [0.15, 0.2) is 5.78 Å². The minimum Gasteiger partial charge on any atom is -0.374 e. The Morgan fingerprint density at radius 3 is 2.39 bits per heavy atom. The molecule has 1 aromatic carbocycles. The van der Waals surface area contributed by atoms with Gasteiger partial charge >= 0.3 is 0 Å². The zero-order chi connectivity index (χ0) is 26.9. The number of fused-ring (bicyclic) bond motifs is 1. The van der Waals surface area contributed by atoms with Crippen molar-refractivity contribution in [3.63, 3.8) is 0 Å². The number of ether oxygens (including phenoxy) is 2. The van der Waals surface area contributed by atoms with Crippen LogP contribution in [-0.4, -0.2) is 103 Å². The molecule has 3 heterocycles. The summed E-state index contributed by atoms with van der Waals surface area (Å²) >= 11 is 0. The molecule has 3 saturated heterocycles. The lowest BCUT2D eigenvalue weighted by Crippen LogP contribution is -2.62. The highest BCUT2D eigenvalue weighted by atomic mass is 16.6. The number of piperazine rings is 1. The molecule has 9 heteroatoms. The number of nitrogens with one attached hydrogen (secondary N) is 1. The van der Waals surface area contributed by atoms with Crippen molar-refractivity contribution < 1.29 is 23.9 Å². The fourth-order valence-electron chi connectivity index (χ4n) is 6.61. The van der Waals surface area contributed by atoms with Gasteiger partial charge in [-0.25, -0.2) is 0 Å². The molecule has 1 aromatic rings. The third-order valence-electron chi connectivity index (χ3n) is 8.79. The van der Waals surface area contributed by atoms with Crippen LogP contribution >= 0.6 is 0 Å². The first-order chi connectivity index (χ1) is 18.3. The lowest BCUT2D eigenvalue weighted by atomic mass is 9.80. The maximum Gasteiger partial charge on any atom is 0.252 e. The molecule has 1 saturated carbocycles. The molecule has 4 fully saturated rings. The van der Waals surface area contributed by atoms with Crippen LogP contribution in [-0.2, 0) is 19.1 Å². The van der Waals surface area contributed by atoms with Gasteiger partial charge in [0.1, 0.15) is 30.4 Å². The zero-order valence-electron chi connectivity index (χ0n) is 23.0. The van der Waals surface area contributed by atoms with E-state index in [0.717, 1.165) is 51.1 Å². The Kier molecular flexibility index (Phi) is 8.07. The Morgan fingerprint density at radius 2 is 1.76 bits per heavy atom. The van der Waals surface area contributed by atoms with Gasteiger partial charge in [0, 0.05) is 50.1 Å². The molecule has 0 radical (unpaired) electrons. The fraction of sp³-hybridized carbons (Fsp3) is 0.690. The molecular formula is C29H42N4O5. The summed E-state index contributed by atoms with van der Waals surface area (Å²) in [6.07, 6.45) is 3.11. The van der Waals surface area contributed by atoms with Crippen LogP contribution in [0, 0.1) is 0 Å². The number of rotatable bonds is 7. The average Bonchev–Trinajstić information content (AvgIpc) is 3.49. The number of ketones is 1. The van der Waals surface area contributed by atoms with Crippen LogP contribution < -0.4 is 10.2 Å². The van der Waals surface area contributed by atoms with E-state index in [1.54, 1.807) is 4.90 Å². The molecule has 1 N–H and O–H groups in total. The van der Waals surface area contributed by atoms with Crippen LogP contribution in [0.2, 0.25) is 0 Å². The van der Waals surface area contributed by atoms with E-state index in [-0.39, 0.29) is 30.3 Å². The third-order valence-corrected chi connectivity index (χ3v) is 8.79. The van der Waals surface area contributed by atoms with E-state index in [2.05, 4.69) is 29.0 Å². The molecule has 0 unspecified atom stereocenters. The molecule has 0 spiro atoms. The molecule has 5 rings (SSSR count). The summed E-state index contributed by atoms with van der Waals surface area (Å²) in [6, 6.07) is 7.62. The molecule has 0 aromatic heterocycles. The second-order valence-corrected chi connectivity index (χ2v) is 11.4. The van der Waals surface area contributed by atoms with Gasteiger partial charge in [-0.05, 0) is 57.9 Å². The first-order valence-corrected chi connectivity index (χ1v) is 14.3. The topological polar surface area (TPSA) is 91.4 Å². The normalized spacial score (nSPS) is 27.6. The van der Waals surface area contributed by atoms with Crippen LogP contribution in [0.5, 0.6) is 0 Å². The Labute approximate surface area is 225 Å². The van der Waals surface area contributed by atoms with Crippen molar-refractivity contribution in [3.8, 4) is 0 Å². The second-order valence-electron chi connectivity index (χ2n) is 11.4. The molecule has 1 aliphatic carbocycles. The van der Waals surface area contributed by atoms with E-state index in [1.807, 2.05) is 31.2 Å². The third kappa shape index (κ3) is 5.20. The van der Waals surface area contributed by atoms with Crippen molar-refractivity contribution in [3.05, 3.63) is 29.8 Å². The number of amides is 2. The van der Waals surface area contributed by atoms with Gasteiger partial charge in [0.05, 0.1) is 6.54 Å². The Morgan fingerprint density at radius 1 is 1.08 bits per heavy atom. The van der Waals surface area contributed by atoms with Crippen LogP contribution in [0.25, 0.3) is 0 Å². The number of carbonyl (C=O) groups is 3. The second kappa shape index (κ2) is 11.3. The van der Waals surface area contributed by atoms with Gasteiger partial charge < -0.3 is 24.6 Å². The maximum atomic E-state index is 14.1. The Bertz CT molecular complexity index is 1010. The highest BCUT2D eigenvalue weighted by Crippen LogP contribution is 2.36. The number of anilines is 1. The van der Waals surface area contributed by atoms with Crippen molar-refractivity contribution in [2.45, 2.75) is 82.7 Å². The molecule has 208 valence electrons. The largest absolute Gasteiger partial charge is 0.374 e. The monoisotopic (exact) mass is 526 g/mol. The van der Waals surface area contributed by atoms with Crippen LogP contribution in [0.15, 0.2) is 24.3 Å². The summed E-state index contributed by atoms with van der Waals surface area (Å²) in [5.74, 6) is -0.517. The molecule has 38 heavy (non-hydrogen) atoms. The number of likely N-dealkylation sites (tertiary alicyclic amines) is 1. The highest BCUT2D eigenvalue weighted by Gasteiger charge is 2.56. The summed E-state index contributed by atoms with van der Waals surface area (Å²) < 4.78 is 11.6. The van der Waals surface area contributed by atoms with Crippen molar-refractivity contribution in [1.82, 2.24) is 15.1 Å². The van der Waals surface area contributed by atoms with Crippen molar-refractivity contribution in [2.75, 3.05) is 50.8 Å². The van der Waals surface area contributed by atoms with Gasteiger partial charge in [-0.15, -0.1) is 0 Å².